The second-order valence-corrected chi connectivity index (χ2v) is 3.62. The van der Waals surface area contributed by atoms with Gasteiger partial charge in [0.15, 0.2) is 0 Å². The zero-order valence-electron chi connectivity index (χ0n) is 8.73. The Morgan fingerprint density at radius 2 is 1.88 bits per heavy atom. The molecule has 2 nitrogen and oxygen atoms in total. The fraction of sp³-hybridized carbons (Fsp3) is 0.154. The molecule has 1 N–H and O–H groups in total. The molecular formula is C13H12FNO. The van der Waals surface area contributed by atoms with E-state index in [-0.39, 0.29) is 11.6 Å². The molecule has 0 aliphatic heterocycles. The summed E-state index contributed by atoms with van der Waals surface area (Å²) in [5, 5.41) is 9.10. The normalized spacial score (nSPS) is 16.1. The predicted octanol–water partition coefficient (Wildman–Crippen LogP) is 3.34. The van der Waals surface area contributed by atoms with Gasteiger partial charge < -0.3 is 5.11 Å². The molecule has 1 aromatic carbocycles. The minimum atomic E-state index is -0.0939. The molecular weight excluding hydrogens is 205 g/mol. The van der Waals surface area contributed by atoms with E-state index >= 15 is 0 Å². The van der Waals surface area contributed by atoms with Crippen molar-refractivity contribution in [2.24, 2.45) is 4.99 Å². The second-order valence-electron chi connectivity index (χ2n) is 3.62. The summed E-state index contributed by atoms with van der Waals surface area (Å²) in [4.78, 5) is 4.26. The van der Waals surface area contributed by atoms with Gasteiger partial charge in [0.1, 0.15) is 11.6 Å². The topological polar surface area (TPSA) is 32.6 Å². The number of allylic oxidation sites excluding steroid dienone is 4. The summed E-state index contributed by atoms with van der Waals surface area (Å²) in [5.41, 5.74) is 1.78. The molecule has 0 unspecified atom stereocenters. The number of nitrogens with zero attached hydrogens (tertiary/aromatic N) is 1. The summed E-state index contributed by atoms with van der Waals surface area (Å²) in [6.07, 6.45) is 5.92. The molecule has 0 amide bonds. The molecule has 16 heavy (non-hydrogen) atoms. The van der Waals surface area contributed by atoms with Gasteiger partial charge in [-0.15, -0.1) is 0 Å². The standard InChI is InChI=1S/C13H12FNO/c14-11-3-5-12(6-4-11)15-9-10-1-7-13(16)8-2-10/h1-3,5,7-9,16H,4,6H2. The third-order valence-corrected chi connectivity index (χ3v) is 2.35. The van der Waals surface area contributed by atoms with Gasteiger partial charge >= 0.3 is 0 Å². The Bertz CT molecular complexity index is 457. The van der Waals surface area contributed by atoms with Crippen molar-refractivity contribution in [1.82, 2.24) is 0 Å². The first-order valence-corrected chi connectivity index (χ1v) is 5.12. The second kappa shape index (κ2) is 4.75. The van der Waals surface area contributed by atoms with Crippen molar-refractivity contribution in [2.75, 3.05) is 0 Å². The van der Waals surface area contributed by atoms with Crippen molar-refractivity contribution in [3.8, 4) is 5.75 Å². The zero-order chi connectivity index (χ0) is 11.4. The van der Waals surface area contributed by atoms with Crippen LogP contribution in [0.3, 0.4) is 0 Å². The van der Waals surface area contributed by atoms with E-state index in [0.717, 1.165) is 11.3 Å². The average Bonchev–Trinajstić information content (AvgIpc) is 2.30. The van der Waals surface area contributed by atoms with E-state index in [9.17, 15) is 4.39 Å². The molecule has 0 atom stereocenters. The molecule has 0 saturated carbocycles. The number of phenolic OH excluding ortho intramolecular Hbond substituents is 1. The molecule has 0 bridgehead atoms. The molecule has 2 rings (SSSR count). The van der Waals surface area contributed by atoms with Gasteiger partial charge in [-0.1, -0.05) is 0 Å². The van der Waals surface area contributed by atoms with Gasteiger partial charge in [-0.05, 0) is 48.4 Å². The fourth-order valence-corrected chi connectivity index (χ4v) is 1.43. The van der Waals surface area contributed by atoms with Crippen LogP contribution < -0.4 is 0 Å². The number of hydrogen-bond donors (Lipinski definition) is 1. The Labute approximate surface area is 93.5 Å². The number of aliphatic imine (C=N–C) groups is 1. The summed E-state index contributed by atoms with van der Waals surface area (Å²) in [6.45, 7) is 0. The number of hydrogen-bond acceptors (Lipinski definition) is 2. The van der Waals surface area contributed by atoms with Gasteiger partial charge in [0.05, 0.1) is 0 Å². The van der Waals surface area contributed by atoms with Crippen molar-refractivity contribution in [2.45, 2.75) is 12.8 Å². The first kappa shape index (κ1) is 10.6. The molecule has 3 heteroatoms. The molecule has 0 saturated heterocycles. The van der Waals surface area contributed by atoms with Crippen molar-refractivity contribution in [1.29, 1.82) is 0 Å². The zero-order valence-corrected chi connectivity index (χ0v) is 8.73. The lowest BCUT2D eigenvalue weighted by Gasteiger charge is -2.04. The Morgan fingerprint density at radius 1 is 1.12 bits per heavy atom. The third-order valence-electron chi connectivity index (χ3n) is 2.35. The Morgan fingerprint density at radius 3 is 2.50 bits per heavy atom. The maximum atomic E-state index is 12.7. The van der Waals surface area contributed by atoms with E-state index in [0.29, 0.717) is 12.8 Å². The molecule has 1 aromatic rings. The molecule has 82 valence electrons. The molecule has 0 spiro atoms. The molecule has 1 aliphatic carbocycles. The minimum absolute atomic E-state index is 0.0939. The number of halogens is 1. The van der Waals surface area contributed by atoms with Gasteiger partial charge in [-0.2, -0.15) is 0 Å². The number of rotatable bonds is 2. The highest BCUT2D eigenvalue weighted by Crippen LogP contribution is 2.19. The molecule has 0 radical (unpaired) electrons. The van der Waals surface area contributed by atoms with Crippen LogP contribution in [0.25, 0.3) is 0 Å². The largest absolute Gasteiger partial charge is 0.508 e. The minimum Gasteiger partial charge on any atom is -0.508 e. The van der Waals surface area contributed by atoms with E-state index in [1.165, 1.54) is 6.08 Å². The van der Waals surface area contributed by atoms with Crippen molar-refractivity contribution < 1.29 is 9.50 Å². The summed E-state index contributed by atoms with van der Waals surface area (Å²) < 4.78 is 12.7. The Balaban J connectivity index is 2.07. The van der Waals surface area contributed by atoms with Crippen LogP contribution in [0.15, 0.2) is 52.9 Å². The predicted molar refractivity (Wildman–Crippen MR) is 62.2 cm³/mol. The first-order valence-electron chi connectivity index (χ1n) is 5.12. The Kier molecular flexibility index (Phi) is 3.15. The van der Waals surface area contributed by atoms with Crippen LogP contribution in [0.4, 0.5) is 4.39 Å². The smallest absolute Gasteiger partial charge is 0.115 e. The summed E-state index contributed by atoms with van der Waals surface area (Å²) >= 11 is 0. The molecule has 0 fully saturated rings. The number of phenols is 1. The maximum Gasteiger partial charge on any atom is 0.115 e. The fourth-order valence-electron chi connectivity index (χ4n) is 1.43. The van der Waals surface area contributed by atoms with Crippen molar-refractivity contribution >= 4 is 6.21 Å². The lowest BCUT2D eigenvalue weighted by atomic mass is 10.1. The van der Waals surface area contributed by atoms with Crippen molar-refractivity contribution in [3.63, 3.8) is 0 Å². The van der Waals surface area contributed by atoms with E-state index in [2.05, 4.69) is 4.99 Å². The summed E-state index contributed by atoms with van der Waals surface area (Å²) in [5.74, 6) is 0.141. The van der Waals surface area contributed by atoms with Crippen LogP contribution in [0.1, 0.15) is 18.4 Å². The Hall–Kier alpha value is -1.90. The molecule has 0 aromatic heterocycles. The van der Waals surface area contributed by atoms with Crippen LogP contribution >= 0.6 is 0 Å². The summed E-state index contributed by atoms with van der Waals surface area (Å²) in [7, 11) is 0. The summed E-state index contributed by atoms with van der Waals surface area (Å²) in [6, 6.07) is 6.77. The lowest BCUT2D eigenvalue weighted by Crippen LogP contribution is -1.89. The average molecular weight is 217 g/mol. The quantitative estimate of drug-likeness (QED) is 0.757. The van der Waals surface area contributed by atoms with Crippen LogP contribution in [0.5, 0.6) is 5.75 Å². The number of benzene rings is 1. The molecule has 1 aliphatic rings. The van der Waals surface area contributed by atoms with Crippen LogP contribution in [0, 0.1) is 0 Å². The van der Waals surface area contributed by atoms with Crippen molar-refractivity contribution in [3.05, 3.63) is 53.5 Å². The first-order chi connectivity index (χ1) is 7.74. The third kappa shape index (κ3) is 2.79. The highest BCUT2D eigenvalue weighted by Gasteiger charge is 2.03. The number of aromatic hydroxyl groups is 1. The highest BCUT2D eigenvalue weighted by atomic mass is 19.1. The van der Waals surface area contributed by atoms with Gasteiger partial charge in [-0.3, -0.25) is 4.99 Å². The SMILES string of the molecule is Oc1ccc(C=NC2=CC=C(F)CC2)cc1. The van der Waals surface area contributed by atoms with Crippen LogP contribution in [-0.4, -0.2) is 11.3 Å². The monoisotopic (exact) mass is 217 g/mol. The van der Waals surface area contributed by atoms with Crippen LogP contribution in [0.2, 0.25) is 0 Å². The van der Waals surface area contributed by atoms with E-state index in [4.69, 9.17) is 5.11 Å². The highest BCUT2D eigenvalue weighted by molar-refractivity contribution is 5.80. The lowest BCUT2D eigenvalue weighted by molar-refractivity contribution is 0.475. The van der Waals surface area contributed by atoms with E-state index in [1.54, 1.807) is 36.6 Å². The van der Waals surface area contributed by atoms with E-state index < -0.39 is 0 Å². The molecule has 0 heterocycles. The maximum absolute atomic E-state index is 12.7. The van der Waals surface area contributed by atoms with Gasteiger partial charge in [0.25, 0.3) is 0 Å². The van der Waals surface area contributed by atoms with Gasteiger partial charge in [0.2, 0.25) is 0 Å². The van der Waals surface area contributed by atoms with Gasteiger partial charge in [0, 0.05) is 18.3 Å². The van der Waals surface area contributed by atoms with Gasteiger partial charge in [-0.25, -0.2) is 4.39 Å². The van der Waals surface area contributed by atoms with E-state index in [1.807, 2.05) is 0 Å². The van der Waals surface area contributed by atoms with Crippen LogP contribution in [-0.2, 0) is 0 Å².